The molecule has 4 aromatic rings. The fourth-order valence-electron chi connectivity index (χ4n) is 2.91. The molecule has 1 heterocycles. The molecule has 1 unspecified atom stereocenters. The summed E-state index contributed by atoms with van der Waals surface area (Å²) in [7, 11) is 1.60. The van der Waals surface area contributed by atoms with E-state index < -0.39 is 5.25 Å². The minimum absolute atomic E-state index is 0.120. The molecule has 6 heteroatoms. The maximum absolute atomic E-state index is 13.1. The number of nitrogens with zero attached hydrogens (tertiary/aromatic N) is 1. The highest BCUT2D eigenvalue weighted by molar-refractivity contribution is 8.00. The number of thioether (sulfide) groups is 1. The smallest absolute Gasteiger partial charge is 0.242 e. The molecule has 0 fully saturated rings. The third-order valence-electron chi connectivity index (χ3n) is 4.27. The zero-order chi connectivity index (χ0) is 19.3. The second kappa shape index (κ2) is 8.19. The second-order valence-electron chi connectivity index (χ2n) is 6.19. The first-order valence-corrected chi connectivity index (χ1v) is 9.72. The molecule has 0 saturated carbocycles. The molecule has 0 bridgehead atoms. The van der Waals surface area contributed by atoms with Gasteiger partial charge in [-0.3, -0.25) is 4.79 Å². The number of hydrogen-bond acceptors (Lipinski definition) is 4. The van der Waals surface area contributed by atoms with Gasteiger partial charge in [0.2, 0.25) is 5.91 Å². The van der Waals surface area contributed by atoms with E-state index in [1.165, 1.54) is 11.8 Å². The predicted molar refractivity (Wildman–Crippen MR) is 113 cm³/mol. The van der Waals surface area contributed by atoms with Crippen molar-refractivity contribution >= 4 is 34.4 Å². The number of ether oxygens (including phenoxy) is 1. The zero-order valence-electron chi connectivity index (χ0n) is 15.3. The lowest BCUT2D eigenvalue weighted by Crippen LogP contribution is -2.19. The van der Waals surface area contributed by atoms with E-state index in [0.29, 0.717) is 16.6 Å². The molecule has 0 aliphatic heterocycles. The molecule has 28 heavy (non-hydrogen) atoms. The van der Waals surface area contributed by atoms with Crippen molar-refractivity contribution in [2.45, 2.75) is 10.4 Å². The Kier molecular flexibility index (Phi) is 5.30. The highest BCUT2D eigenvalue weighted by Gasteiger charge is 2.24. The molecule has 0 radical (unpaired) electrons. The molecule has 3 aromatic carbocycles. The third-order valence-corrected chi connectivity index (χ3v) is 5.41. The second-order valence-corrected chi connectivity index (χ2v) is 7.28. The summed E-state index contributed by atoms with van der Waals surface area (Å²) < 4.78 is 5.24. The van der Waals surface area contributed by atoms with E-state index in [-0.39, 0.29) is 5.91 Å². The minimum Gasteiger partial charge on any atom is -0.497 e. The van der Waals surface area contributed by atoms with Crippen molar-refractivity contribution in [2.24, 2.45) is 0 Å². The van der Waals surface area contributed by atoms with Crippen LogP contribution in [0.3, 0.4) is 0 Å². The Labute approximate surface area is 167 Å². The van der Waals surface area contributed by atoms with Gasteiger partial charge in [0.05, 0.1) is 18.1 Å². The van der Waals surface area contributed by atoms with E-state index in [1.54, 1.807) is 13.2 Å². The Morgan fingerprint density at radius 1 is 1.04 bits per heavy atom. The predicted octanol–water partition coefficient (Wildman–Crippen LogP) is 5.04. The van der Waals surface area contributed by atoms with Crippen molar-refractivity contribution in [2.75, 3.05) is 12.4 Å². The number of nitrogens with one attached hydrogen (secondary N) is 2. The maximum Gasteiger partial charge on any atom is 0.242 e. The Balaban J connectivity index is 1.62. The summed E-state index contributed by atoms with van der Waals surface area (Å²) >= 11 is 1.39. The van der Waals surface area contributed by atoms with Crippen molar-refractivity contribution in [3.8, 4) is 5.75 Å². The number of aromatic nitrogens is 2. The number of rotatable bonds is 6. The fraction of sp³-hybridized carbons (Fsp3) is 0.0909. The van der Waals surface area contributed by atoms with Crippen LogP contribution in [-0.2, 0) is 4.79 Å². The number of fused-ring (bicyclic) bond motifs is 1. The van der Waals surface area contributed by atoms with Crippen LogP contribution in [0.1, 0.15) is 10.8 Å². The van der Waals surface area contributed by atoms with Crippen LogP contribution >= 0.6 is 11.8 Å². The molecule has 1 aromatic heterocycles. The number of para-hydroxylation sites is 2. The Hall–Kier alpha value is -3.25. The number of H-pyrrole nitrogens is 1. The summed E-state index contributed by atoms with van der Waals surface area (Å²) in [5, 5.41) is 3.24. The van der Waals surface area contributed by atoms with Crippen molar-refractivity contribution in [3.05, 3.63) is 84.4 Å². The van der Waals surface area contributed by atoms with Crippen LogP contribution in [0, 0.1) is 0 Å². The molecule has 0 aliphatic rings. The number of amides is 1. The van der Waals surface area contributed by atoms with Gasteiger partial charge in [0, 0.05) is 11.8 Å². The van der Waals surface area contributed by atoms with Crippen molar-refractivity contribution in [1.29, 1.82) is 0 Å². The van der Waals surface area contributed by atoms with Gasteiger partial charge in [0.25, 0.3) is 0 Å². The van der Waals surface area contributed by atoms with E-state index in [9.17, 15) is 4.79 Å². The normalized spacial score (nSPS) is 11.9. The molecule has 140 valence electrons. The molecular weight excluding hydrogens is 370 g/mol. The van der Waals surface area contributed by atoms with Crippen LogP contribution in [0.4, 0.5) is 5.69 Å². The van der Waals surface area contributed by atoms with E-state index >= 15 is 0 Å². The minimum atomic E-state index is -0.451. The molecule has 1 amide bonds. The highest BCUT2D eigenvalue weighted by atomic mass is 32.2. The van der Waals surface area contributed by atoms with Gasteiger partial charge in [-0.2, -0.15) is 0 Å². The SMILES string of the molecule is COc1cccc(NC(=O)C(Sc2nc3ccccc3[nH]2)c2ccccc2)c1. The summed E-state index contributed by atoms with van der Waals surface area (Å²) in [6, 6.07) is 24.8. The topological polar surface area (TPSA) is 67.0 Å². The van der Waals surface area contributed by atoms with E-state index in [4.69, 9.17) is 4.74 Å². The van der Waals surface area contributed by atoms with Crippen molar-refractivity contribution < 1.29 is 9.53 Å². The van der Waals surface area contributed by atoms with Gasteiger partial charge >= 0.3 is 0 Å². The molecular formula is C22H19N3O2S. The lowest BCUT2D eigenvalue weighted by atomic mass is 10.1. The van der Waals surface area contributed by atoms with Crippen molar-refractivity contribution in [1.82, 2.24) is 9.97 Å². The van der Waals surface area contributed by atoms with Crippen molar-refractivity contribution in [3.63, 3.8) is 0 Å². The average molecular weight is 389 g/mol. The standard InChI is InChI=1S/C22H19N3O2S/c1-27-17-11-7-10-16(14-17)23-21(26)20(15-8-3-2-4-9-15)28-22-24-18-12-5-6-13-19(18)25-22/h2-14,20H,1H3,(H,23,26)(H,24,25). The van der Waals surface area contributed by atoms with Gasteiger partial charge in [0.1, 0.15) is 11.0 Å². The molecule has 5 nitrogen and oxygen atoms in total. The molecule has 4 rings (SSSR count). The first-order valence-electron chi connectivity index (χ1n) is 8.84. The van der Waals surface area contributed by atoms with Crippen LogP contribution < -0.4 is 10.1 Å². The lowest BCUT2D eigenvalue weighted by Gasteiger charge is -2.16. The van der Waals surface area contributed by atoms with E-state index in [0.717, 1.165) is 16.6 Å². The summed E-state index contributed by atoms with van der Waals surface area (Å²) in [5.74, 6) is 0.573. The van der Waals surface area contributed by atoms with E-state index in [1.807, 2.05) is 72.8 Å². The van der Waals surface area contributed by atoms with Crippen LogP contribution in [-0.4, -0.2) is 23.0 Å². The monoisotopic (exact) mass is 389 g/mol. The van der Waals surface area contributed by atoms with Crippen LogP contribution in [0.5, 0.6) is 5.75 Å². The summed E-state index contributed by atoms with van der Waals surface area (Å²) in [6.45, 7) is 0. The van der Waals surface area contributed by atoms with Gasteiger partial charge in [-0.1, -0.05) is 60.3 Å². The fourth-order valence-corrected chi connectivity index (χ4v) is 3.91. The summed E-state index contributed by atoms with van der Waals surface area (Å²) in [4.78, 5) is 21.0. The molecule has 1 atom stereocenters. The number of carbonyl (C=O) groups is 1. The van der Waals surface area contributed by atoms with E-state index in [2.05, 4.69) is 15.3 Å². The number of aromatic amines is 1. The number of benzene rings is 3. The number of hydrogen-bond donors (Lipinski definition) is 2. The summed E-state index contributed by atoms with van der Waals surface area (Å²) in [6.07, 6.45) is 0. The largest absolute Gasteiger partial charge is 0.497 e. The lowest BCUT2D eigenvalue weighted by molar-refractivity contribution is -0.115. The average Bonchev–Trinajstić information content (AvgIpc) is 3.15. The number of carbonyl (C=O) groups excluding carboxylic acids is 1. The maximum atomic E-state index is 13.1. The zero-order valence-corrected chi connectivity index (χ0v) is 16.1. The Bertz CT molecular complexity index is 1060. The van der Waals surface area contributed by atoms with Crippen LogP contribution in [0.2, 0.25) is 0 Å². The first-order chi connectivity index (χ1) is 13.7. The molecule has 0 aliphatic carbocycles. The number of methoxy groups -OCH3 is 1. The number of imidazole rings is 1. The molecule has 0 saturated heterocycles. The van der Waals surface area contributed by atoms with Gasteiger partial charge in [-0.25, -0.2) is 4.98 Å². The first kappa shape index (κ1) is 18.1. The quantitative estimate of drug-likeness (QED) is 0.453. The Morgan fingerprint density at radius 2 is 1.82 bits per heavy atom. The van der Waals surface area contributed by atoms with Crippen LogP contribution in [0.25, 0.3) is 11.0 Å². The third kappa shape index (κ3) is 4.02. The van der Waals surface area contributed by atoms with Gasteiger partial charge in [0.15, 0.2) is 5.16 Å². The Morgan fingerprint density at radius 3 is 2.61 bits per heavy atom. The molecule has 2 N–H and O–H groups in total. The van der Waals surface area contributed by atoms with Gasteiger partial charge < -0.3 is 15.0 Å². The molecule has 0 spiro atoms. The highest BCUT2D eigenvalue weighted by Crippen LogP contribution is 2.35. The van der Waals surface area contributed by atoms with Gasteiger partial charge in [-0.15, -0.1) is 0 Å². The van der Waals surface area contributed by atoms with Gasteiger partial charge in [-0.05, 0) is 29.8 Å². The van der Waals surface area contributed by atoms with Crippen LogP contribution in [0.15, 0.2) is 84.0 Å². The number of anilines is 1. The summed E-state index contributed by atoms with van der Waals surface area (Å²) in [5.41, 5.74) is 3.43.